The Morgan fingerprint density at radius 1 is 1.08 bits per heavy atom. The maximum Gasteiger partial charge on any atom is 0.253 e. The van der Waals surface area contributed by atoms with Crippen LogP contribution in [0.15, 0.2) is 47.4 Å². The molecule has 3 rings (SSSR count). The van der Waals surface area contributed by atoms with Gasteiger partial charge in [-0.2, -0.15) is 4.31 Å². The number of rotatable bonds is 3. The van der Waals surface area contributed by atoms with Crippen LogP contribution in [0.25, 0.3) is 0 Å². The summed E-state index contributed by atoms with van der Waals surface area (Å²) >= 11 is 5.82. The Morgan fingerprint density at radius 2 is 1.73 bits per heavy atom. The minimum Gasteiger partial charge on any atom is -0.506 e. The highest BCUT2D eigenvalue weighted by atomic mass is 35.5. The average Bonchev–Trinajstić information content (AvgIpc) is 2.63. The predicted molar refractivity (Wildman–Crippen MR) is 94.2 cm³/mol. The minimum absolute atomic E-state index is 0.0637. The van der Waals surface area contributed by atoms with E-state index in [0.717, 1.165) is 6.07 Å². The van der Waals surface area contributed by atoms with E-state index in [9.17, 15) is 22.7 Å². The zero-order valence-electron chi connectivity index (χ0n) is 13.6. The van der Waals surface area contributed by atoms with E-state index in [1.807, 2.05) is 0 Å². The summed E-state index contributed by atoms with van der Waals surface area (Å²) in [6.45, 7) is 0.471. The van der Waals surface area contributed by atoms with Gasteiger partial charge in [0, 0.05) is 31.7 Å². The Labute approximate surface area is 155 Å². The SMILES string of the molecule is O=C(c1ccc(O)c(Cl)c1)N1CCN(S(=O)(=O)c2ccccc2F)CC1. The number of nitrogens with zero attached hydrogens (tertiary/aromatic N) is 2. The first kappa shape index (κ1) is 18.6. The Bertz CT molecular complexity index is 944. The first-order valence-corrected chi connectivity index (χ1v) is 9.65. The Hall–Kier alpha value is -2.16. The standard InChI is InChI=1S/C17H16ClFN2O4S/c18-13-11-12(5-6-15(13)22)17(23)20-7-9-21(10-8-20)26(24,25)16-4-2-1-3-14(16)19/h1-6,11,22H,7-10H2. The highest BCUT2D eigenvalue weighted by Crippen LogP contribution is 2.25. The van der Waals surface area contributed by atoms with Crippen LogP contribution in [0.1, 0.15) is 10.4 Å². The zero-order chi connectivity index (χ0) is 18.9. The summed E-state index contributed by atoms with van der Waals surface area (Å²) in [5.74, 6) is -1.23. The molecule has 1 aliphatic rings. The van der Waals surface area contributed by atoms with Gasteiger partial charge in [0.2, 0.25) is 10.0 Å². The van der Waals surface area contributed by atoms with Crippen molar-refractivity contribution in [3.05, 3.63) is 58.9 Å². The van der Waals surface area contributed by atoms with Crippen molar-refractivity contribution < 1.29 is 22.7 Å². The summed E-state index contributed by atoms with van der Waals surface area (Å²) in [7, 11) is -3.95. The van der Waals surface area contributed by atoms with Gasteiger partial charge in [0.05, 0.1) is 5.02 Å². The van der Waals surface area contributed by atoms with Crippen molar-refractivity contribution in [3.8, 4) is 5.75 Å². The first-order chi connectivity index (χ1) is 12.3. The molecule has 1 aliphatic heterocycles. The number of hydrogen-bond donors (Lipinski definition) is 1. The van der Waals surface area contributed by atoms with Crippen LogP contribution < -0.4 is 0 Å². The van der Waals surface area contributed by atoms with E-state index in [1.54, 1.807) is 0 Å². The molecule has 0 radical (unpaired) electrons. The van der Waals surface area contributed by atoms with E-state index in [4.69, 9.17) is 11.6 Å². The van der Waals surface area contributed by atoms with E-state index in [0.29, 0.717) is 5.56 Å². The predicted octanol–water partition coefficient (Wildman–Crippen LogP) is 2.33. The number of hydrogen-bond acceptors (Lipinski definition) is 4. The molecule has 0 aromatic heterocycles. The molecule has 1 saturated heterocycles. The number of carbonyl (C=O) groups is 1. The molecular weight excluding hydrogens is 383 g/mol. The van der Waals surface area contributed by atoms with Crippen molar-refractivity contribution in [2.75, 3.05) is 26.2 Å². The number of amides is 1. The van der Waals surface area contributed by atoms with Gasteiger partial charge in [0.15, 0.2) is 0 Å². The van der Waals surface area contributed by atoms with Crippen LogP contribution in [-0.4, -0.2) is 54.8 Å². The maximum absolute atomic E-state index is 13.8. The fourth-order valence-corrected chi connectivity index (χ4v) is 4.41. The number of carbonyl (C=O) groups excluding carboxylic acids is 1. The van der Waals surface area contributed by atoms with Crippen LogP contribution in [0.5, 0.6) is 5.75 Å². The Kier molecular flexibility index (Phi) is 5.17. The van der Waals surface area contributed by atoms with Gasteiger partial charge in [-0.15, -0.1) is 0 Å². The smallest absolute Gasteiger partial charge is 0.253 e. The second-order valence-electron chi connectivity index (χ2n) is 5.79. The molecule has 0 unspecified atom stereocenters. The highest BCUT2D eigenvalue weighted by Gasteiger charge is 2.32. The Morgan fingerprint density at radius 3 is 2.35 bits per heavy atom. The van der Waals surface area contributed by atoms with Gasteiger partial charge in [-0.05, 0) is 30.3 Å². The fourth-order valence-electron chi connectivity index (χ4n) is 2.75. The molecule has 1 amide bonds. The monoisotopic (exact) mass is 398 g/mol. The third kappa shape index (κ3) is 3.53. The fraction of sp³-hybridized carbons (Fsp3) is 0.235. The molecule has 0 saturated carbocycles. The summed E-state index contributed by atoms with van der Waals surface area (Å²) in [6.07, 6.45) is 0. The van der Waals surface area contributed by atoms with E-state index in [2.05, 4.69) is 0 Å². The van der Waals surface area contributed by atoms with E-state index in [-0.39, 0.29) is 47.8 Å². The molecule has 0 atom stereocenters. The number of sulfonamides is 1. The second-order valence-corrected chi connectivity index (χ2v) is 8.11. The minimum atomic E-state index is -3.95. The van der Waals surface area contributed by atoms with Crippen LogP contribution >= 0.6 is 11.6 Å². The van der Waals surface area contributed by atoms with Gasteiger partial charge in [0.25, 0.3) is 5.91 Å². The third-order valence-electron chi connectivity index (χ3n) is 4.17. The third-order valence-corrected chi connectivity index (χ3v) is 6.41. The molecule has 0 spiro atoms. The normalized spacial score (nSPS) is 15.8. The first-order valence-electron chi connectivity index (χ1n) is 7.83. The van der Waals surface area contributed by atoms with Crippen LogP contribution in [-0.2, 0) is 10.0 Å². The molecule has 1 fully saturated rings. The van der Waals surface area contributed by atoms with Crippen molar-refractivity contribution >= 4 is 27.5 Å². The summed E-state index contributed by atoms with van der Waals surface area (Å²) in [5.41, 5.74) is 0.304. The van der Waals surface area contributed by atoms with Crippen molar-refractivity contribution in [2.45, 2.75) is 4.90 Å². The lowest BCUT2D eigenvalue weighted by molar-refractivity contribution is 0.0697. The van der Waals surface area contributed by atoms with Gasteiger partial charge in [-0.1, -0.05) is 23.7 Å². The lowest BCUT2D eigenvalue weighted by Crippen LogP contribution is -2.50. The van der Waals surface area contributed by atoms with Crippen molar-refractivity contribution in [2.24, 2.45) is 0 Å². The van der Waals surface area contributed by atoms with Gasteiger partial charge in [-0.25, -0.2) is 12.8 Å². The van der Waals surface area contributed by atoms with E-state index < -0.39 is 15.8 Å². The van der Waals surface area contributed by atoms with Gasteiger partial charge in [0.1, 0.15) is 16.5 Å². The van der Waals surface area contributed by atoms with Gasteiger partial charge < -0.3 is 10.0 Å². The highest BCUT2D eigenvalue weighted by molar-refractivity contribution is 7.89. The van der Waals surface area contributed by atoms with Gasteiger partial charge >= 0.3 is 0 Å². The molecule has 2 aromatic carbocycles. The molecule has 26 heavy (non-hydrogen) atoms. The number of piperazine rings is 1. The zero-order valence-corrected chi connectivity index (χ0v) is 15.2. The summed E-state index contributed by atoms with van der Waals surface area (Å²) in [4.78, 5) is 13.6. The number of phenols is 1. The molecule has 0 aliphatic carbocycles. The molecule has 138 valence electrons. The molecule has 2 aromatic rings. The van der Waals surface area contributed by atoms with Crippen LogP contribution in [0.3, 0.4) is 0 Å². The largest absolute Gasteiger partial charge is 0.506 e. The van der Waals surface area contributed by atoms with Crippen molar-refractivity contribution in [1.29, 1.82) is 0 Å². The second kappa shape index (κ2) is 7.22. The summed E-state index contributed by atoms with van der Waals surface area (Å²) in [6, 6.07) is 9.35. The lowest BCUT2D eigenvalue weighted by Gasteiger charge is -2.34. The summed E-state index contributed by atoms with van der Waals surface area (Å²) in [5, 5.41) is 9.50. The van der Waals surface area contributed by atoms with Gasteiger partial charge in [-0.3, -0.25) is 4.79 Å². The van der Waals surface area contributed by atoms with Crippen LogP contribution in [0.2, 0.25) is 5.02 Å². The quantitative estimate of drug-likeness (QED) is 0.860. The number of aromatic hydroxyl groups is 1. The van der Waals surface area contributed by atoms with E-state index >= 15 is 0 Å². The lowest BCUT2D eigenvalue weighted by atomic mass is 10.2. The van der Waals surface area contributed by atoms with E-state index in [1.165, 1.54) is 45.6 Å². The average molecular weight is 399 g/mol. The number of phenolic OH excluding ortho intramolecular Hbond substituents is 1. The van der Waals surface area contributed by atoms with Crippen LogP contribution in [0, 0.1) is 5.82 Å². The Balaban J connectivity index is 1.72. The van der Waals surface area contributed by atoms with Crippen molar-refractivity contribution in [1.82, 2.24) is 9.21 Å². The topological polar surface area (TPSA) is 77.9 Å². The van der Waals surface area contributed by atoms with Crippen LogP contribution in [0.4, 0.5) is 4.39 Å². The molecule has 1 N–H and O–H groups in total. The number of benzene rings is 2. The molecule has 1 heterocycles. The molecule has 9 heteroatoms. The molecular formula is C17H16ClFN2O4S. The summed E-state index contributed by atoms with van der Waals surface area (Å²) < 4.78 is 40.1. The molecule has 0 bridgehead atoms. The molecule has 6 nitrogen and oxygen atoms in total. The number of halogens is 2. The maximum atomic E-state index is 13.8. The van der Waals surface area contributed by atoms with Crippen molar-refractivity contribution in [3.63, 3.8) is 0 Å².